The SMILES string of the molecule is O=C(Cn1nc(N2CCOCC2)c2ccccc2c1=O)Nc1ccc(Cl)cc1F. The van der Waals surface area contributed by atoms with Crippen LogP contribution in [0.5, 0.6) is 0 Å². The van der Waals surface area contributed by atoms with Gasteiger partial charge >= 0.3 is 0 Å². The molecule has 1 aliphatic heterocycles. The van der Waals surface area contributed by atoms with Crippen molar-refractivity contribution < 1.29 is 13.9 Å². The molecule has 1 N–H and O–H groups in total. The Hall–Kier alpha value is -2.97. The zero-order chi connectivity index (χ0) is 20.4. The van der Waals surface area contributed by atoms with Crippen LogP contribution in [-0.4, -0.2) is 42.0 Å². The van der Waals surface area contributed by atoms with E-state index < -0.39 is 11.7 Å². The summed E-state index contributed by atoms with van der Waals surface area (Å²) in [5.41, 5.74) is -0.397. The lowest BCUT2D eigenvalue weighted by molar-refractivity contribution is -0.117. The van der Waals surface area contributed by atoms with Gasteiger partial charge in [0, 0.05) is 23.5 Å². The lowest BCUT2D eigenvalue weighted by Gasteiger charge is -2.29. The molecule has 9 heteroatoms. The lowest BCUT2D eigenvalue weighted by atomic mass is 10.1. The molecule has 4 rings (SSSR count). The largest absolute Gasteiger partial charge is 0.378 e. The average molecular weight is 417 g/mol. The number of nitrogens with one attached hydrogen (secondary N) is 1. The number of fused-ring (bicyclic) bond motifs is 1. The maximum atomic E-state index is 13.9. The fourth-order valence-corrected chi connectivity index (χ4v) is 3.41. The van der Waals surface area contributed by atoms with Crippen LogP contribution in [0.3, 0.4) is 0 Å². The van der Waals surface area contributed by atoms with E-state index in [-0.39, 0.29) is 22.8 Å². The molecule has 29 heavy (non-hydrogen) atoms. The highest BCUT2D eigenvalue weighted by Gasteiger charge is 2.19. The standard InChI is InChI=1S/C20H18ClFN4O3/c21-13-5-6-17(16(22)11-13)23-18(27)12-26-20(28)15-4-2-1-3-14(15)19(24-26)25-7-9-29-10-8-25/h1-6,11H,7-10,12H2,(H,23,27). The minimum atomic E-state index is -0.654. The molecule has 1 aromatic heterocycles. The maximum Gasteiger partial charge on any atom is 0.275 e. The molecular formula is C20H18ClFN4O3. The number of benzene rings is 2. The Morgan fingerprint density at radius 3 is 2.62 bits per heavy atom. The first-order chi connectivity index (χ1) is 14.0. The Balaban J connectivity index is 1.67. The molecule has 0 unspecified atom stereocenters. The number of ether oxygens (including phenoxy) is 1. The Bertz CT molecular complexity index is 1130. The molecule has 0 bridgehead atoms. The normalized spacial score (nSPS) is 14.2. The topological polar surface area (TPSA) is 76.5 Å². The van der Waals surface area contributed by atoms with Gasteiger partial charge in [-0.05, 0) is 24.3 Å². The summed E-state index contributed by atoms with van der Waals surface area (Å²) < 4.78 is 20.4. The summed E-state index contributed by atoms with van der Waals surface area (Å²) in [6, 6.07) is 11.1. The van der Waals surface area contributed by atoms with Gasteiger partial charge in [0.2, 0.25) is 5.91 Å². The number of halogens is 2. The van der Waals surface area contributed by atoms with E-state index in [0.29, 0.717) is 37.5 Å². The van der Waals surface area contributed by atoms with Crippen molar-refractivity contribution in [3.05, 3.63) is 63.7 Å². The van der Waals surface area contributed by atoms with Gasteiger partial charge in [-0.15, -0.1) is 0 Å². The fraction of sp³-hybridized carbons (Fsp3) is 0.250. The van der Waals surface area contributed by atoms with Crippen LogP contribution in [0.2, 0.25) is 5.02 Å². The van der Waals surface area contributed by atoms with Gasteiger partial charge in [0.25, 0.3) is 5.56 Å². The summed E-state index contributed by atoms with van der Waals surface area (Å²) in [7, 11) is 0. The summed E-state index contributed by atoms with van der Waals surface area (Å²) in [5.74, 6) is -0.600. The molecule has 1 fully saturated rings. The summed E-state index contributed by atoms with van der Waals surface area (Å²) in [6.07, 6.45) is 0. The smallest absolute Gasteiger partial charge is 0.275 e. The van der Waals surface area contributed by atoms with Crippen molar-refractivity contribution in [2.45, 2.75) is 6.54 Å². The van der Waals surface area contributed by atoms with Crippen molar-refractivity contribution in [2.75, 3.05) is 36.5 Å². The zero-order valence-corrected chi connectivity index (χ0v) is 16.2. The Labute approximate surface area is 170 Å². The number of amides is 1. The quantitative estimate of drug-likeness (QED) is 0.707. The van der Waals surface area contributed by atoms with Crippen LogP contribution >= 0.6 is 11.6 Å². The first-order valence-corrected chi connectivity index (χ1v) is 9.48. The molecule has 0 aliphatic carbocycles. The van der Waals surface area contributed by atoms with Crippen molar-refractivity contribution >= 4 is 39.8 Å². The second kappa shape index (κ2) is 8.18. The third-order valence-corrected chi connectivity index (χ3v) is 4.89. The highest BCUT2D eigenvalue weighted by atomic mass is 35.5. The molecule has 3 aromatic rings. The number of aromatic nitrogens is 2. The first kappa shape index (κ1) is 19.4. The number of rotatable bonds is 4. The molecule has 0 spiro atoms. The third-order valence-electron chi connectivity index (χ3n) is 4.66. The van der Waals surface area contributed by atoms with Crippen molar-refractivity contribution in [2.24, 2.45) is 0 Å². The van der Waals surface area contributed by atoms with E-state index in [1.54, 1.807) is 12.1 Å². The van der Waals surface area contributed by atoms with Crippen LogP contribution < -0.4 is 15.8 Å². The highest BCUT2D eigenvalue weighted by molar-refractivity contribution is 6.30. The van der Waals surface area contributed by atoms with Crippen LogP contribution in [0, 0.1) is 5.82 Å². The van der Waals surface area contributed by atoms with Crippen molar-refractivity contribution in [3.63, 3.8) is 0 Å². The van der Waals surface area contributed by atoms with Crippen LogP contribution in [0.1, 0.15) is 0 Å². The van der Waals surface area contributed by atoms with E-state index in [4.69, 9.17) is 16.3 Å². The van der Waals surface area contributed by atoms with E-state index in [2.05, 4.69) is 10.4 Å². The lowest BCUT2D eigenvalue weighted by Crippen LogP contribution is -2.39. The molecule has 7 nitrogen and oxygen atoms in total. The number of hydrogen-bond donors (Lipinski definition) is 1. The van der Waals surface area contributed by atoms with Crippen molar-refractivity contribution in [3.8, 4) is 0 Å². The van der Waals surface area contributed by atoms with Gasteiger partial charge in [-0.1, -0.05) is 29.8 Å². The molecule has 1 aliphatic rings. The van der Waals surface area contributed by atoms with Gasteiger partial charge in [0.05, 0.1) is 24.3 Å². The predicted octanol–water partition coefficient (Wildman–Crippen LogP) is 2.66. The van der Waals surface area contributed by atoms with Gasteiger partial charge < -0.3 is 15.0 Å². The summed E-state index contributed by atoms with van der Waals surface area (Å²) in [5, 5.41) is 8.31. The van der Waals surface area contributed by atoms with Gasteiger partial charge in [-0.3, -0.25) is 9.59 Å². The molecule has 0 radical (unpaired) electrons. The molecular weight excluding hydrogens is 399 g/mol. The molecule has 150 valence electrons. The number of carbonyl (C=O) groups is 1. The summed E-state index contributed by atoms with van der Waals surface area (Å²) in [4.78, 5) is 27.3. The fourth-order valence-electron chi connectivity index (χ4n) is 3.25. The van der Waals surface area contributed by atoms with Crippen molar-refractivity contribution in [1.82, 2.24) is 9.78 Å². The minimum Gasteiger partial charge on any atom is -0.378 e. The maximum absolute atomic E-state index is 13.9. The molecule has 1 amide bonds. The number of anilines is 2. The van der Waals surface area contributed by atoms with E-state index in [1.807, 2.05) is 17.0 Å². The Kier molecular flexibility index (Phi) is 5.46. The summed E-state index contributed by atoms with van der Waals surface area (Å²) in [6.45, 7) is 2.05. The van der Waals surface area contributed by atoms with Crippen LogP contribution in [0.25, 0.3) is 10.8 Å². The van der Waals surface area contributed by atoms with Gasteiger partial charge in [-0.25, -0.2) is 9.07 Å². The number of carbonyl (C=O) groups excluding carboxylic acids is 1. The van der Waals surface area contributed by atoms with E-state index >= 15 is 0 Å². The van der Waals surface area contributed by atoms with E-state index in [1.165, 1.54) is 12.1 Å². The van der Waals surface area contributed by atoms with Gasteiger partial charge in [0.1, 0.15) is 12.4 Å². The minimum absolute atomic E-state index is 0.0124. The summed E-state index contributed by atoms with van der Waals surface area (Å²) >= 11 is 5.73. The monoisotopic (exact) mass is 416 g/mol. The van der Waals surface area contributed by atoms with Crippen LogP contribution in [0.15, 0.2) is 47.3 Å². The van der Waals surface area contributed by atoms with Gasteiger partial charge in [-0.2, -0.15) is 5.10 Å². The second-order valence-corrected chi connectivity index (χ2v) is 7.04. The number of nitrogens with zero attached hydrogens (tertiary/aromatic N) is 3. The number of morpholine rings is 1. The van der Waals surface area contributed by atoms with Gasteiger partial charge in [0.15, 0.2) is 5.82 Å². The second-order valence-electron chi connectivity index (χ2n) is 6.60. The molecule has 2 heterocycles. The average Bonchev–Trinajstić information content (AvgIpc) is 2.73. The highest BCUT2D eigenvalue weighted by Crippen LogP contribution is 2.23. The zero-order valence-electron chi connectivity index (χ0n) is 15.4. The molecule has 0 atom stereocenters. The predicted molar refractivity (Wildman–Crippen MR) is 109 cm³/mol. The number of hydrogen-bond acceptors (Lipinski definition) is 5. The van der Waals surface area contributed by atoms with Crippen LogP contribution in [-0.2, 0) is 16.1 Å². The Morgan fingerprint density at radius 1 is 1.17 bits per heavy atom. The van der Waals surface area contributed by atoms with E-state index in [9.17, 15) is 14.0 Å². The molecule has 2 aromatic carbocycles. The first-order valence-electron chi connectivity index (χ1n) is 9.10. The molecule has 0 saturated carbocycles. The third kappa shape index (κ3) is 4.08. The Morgan fingerprint density at radius 2 is 1.90 bits per heavy atom. The molecule has 1 saturated heterocycles. The van der Waals surface area contributed by atoms with Crippen molar-refractivity contribution in [1.29, 1.82) is 0 Å². The van der Waals surface area contributed by atoms with E-state index in [0.717, 1.165) is 16.1 Å². The van der Waals surface area contributed by atoms with Crippen LogP contribution in [0.4, 0.5) is 15.9 Å².